The molecule has 0 bridgehead atoms. The number of anilines is 1. The molecule has 2 heterocycles. The van der Waals surface area contributed by atoms with Crippen molar-refractivity contribution in [2.45, 2.75) is 19.4 Å². The summed E-state index contributed by atoms with van der Waals surface area (Å²) in [5, 5.41) is 3.37. The number of ether oxygens (including phenoxy) is 1. The fraction of sp³-hybridized carbons (Fsp3) is 0.533. The van der Waals surface area contributed by atoms with Crippen LogP contribution in [0.5, 0.6) is 0 Å². The molecule has 1 aromatic rings. The van der Waals surface area contributed by atoms with Crippen LogP contribution in [-0.2, 0) is 16.1 Å². The van der Waals surface area contributed by atoms with Crippen LogP contribution in [0.4, 0.5) is 5.69 Å². The lowest BCUT2D eigenvalue weighted by Crippen LogP contribution is -2.41. The molecular formula is C15H20N2O2. The minimum Gasteiger partial charge on any atom is -0.381 e. The van der Waals surface area contributed by atoms with Gasteiger partial charge in [0.2, 0.25) is 5.91 Å². The second-order valence-electron chi connectivity index (χ2n) is 5.21. The third kappa shape index (κ3) is 2.65. The Bertz CT molecular complexity index is 455. The van der Waals surface area contributed by atoms with E-state index < -0.39 is 0 Å². The van der Waals surface area contributed by atoms with E-state index in [1.54, 1.807) is 0 Å². The number of para-hydroxylation sites is 1. The summed E-state index contributed by atoms with van der Waals surface area (Å²) in [6.07, 6.45) is 1.94. The Labute approximate surface area is 113 Å². The molecule has 19 heavy (non-hydrogen) atoms. The van der Waals surface area contributed by atoms with Gasteiger partial charge < -0.3 is 15.0 Å². The molecule has 1 saturated heterocycles. The van der Waals surface area contributed by atoms with Crippen molar-refractivity contribution in [3.63, 3.8) is 0 Å². The molecule has 102 valence electrons. The fourth-order valence-electron chi connectivity index (χ4n) is 2.84. The lowest BCUT2D eigenvalue weighted by Gasteiger charge is -2.29. The van der Waals surface area contributed by atoms with E-state index in [4.69, 9.17) is 4.74 Å². The van der Waals surface area contributed by atoms with Gasteiger partial charge >= 0.3 is 0 Å². The van der Waals surface area contributed by atoms with E-state index in [1.165, 1.54) is 5.56 Å². The van der Waals surface area contributed by atoms with Gasteiger partial charge in [-0.05, 0) is 24.5 Å². The molecule has 0 radical (unpaired) electrons. The van der Waals surface area contributed by atoms with E-state index in [-0.39, 0.29) is 11.8 Å². The first-order chi connectivity index (χ1) is 9.36. The average Bonchev–Trinajstić information content (AvgIpc) is 2.70. The van der Waals surface area contributed by atoms with Gasteiger partial charge in [0.1, 0.15) is 0 Å². The van der Waals surface area contributed by atoms with E-state index in [2.05, 4.69) is 11.4 Å². The van der Waals surface area contributed by atoms with Crippen LogP contribution in [0, 0.1) is 5.92 Å². The van der Waals surface area contributed by atoms with Crippen LogP contribution in [0.1, 0.15) is 18.4 Å². The third-order valence-corrected chi connectivity index (χ3v) is 3.89. The molecule has 2 aliphatic rings. The minimum absolute atomic E-state index is 0.0277. The third-order valence-electron chi connectivity index (χ3n) is 3.89. The molecular weight excluding hydrogens is 240 g/mol. The Hall–Kier alpha value is -1.39. The largest absolute Gasteiger partial charge is 0.381 e. The van der Waals surface area contributed by atoms with E-state index >= 15 is 0 Å². The van der Waals surface area contributed by atoms with Gasteiger partial charge in [0.05, 0.1) is 12.5 Å². The number of amides is 1. The number of hydrogen-bond donors (Lipinski definition) is 1. The maximum absolute atomic E-state index is 12.7. The standard InChI is InChI=1S/C15H20N2O2/c18-15(13-5-3-9-19-11-13)17-8-7-16-10-12-4-1-2-6-14(12)17/h1-2,4,6,13,16H,3,5,7-11H2. The van der Waals surface area contributed by atoms with E-state index in [1.807, 2.05) is 23.1 Å². The summed E-state index contributed by atoms with van der Waals surface area (Å²) in [5.74, 6) is 0.246. The molecule has 1 unspecified atom stereocenters. The van der Waals surface area contributed by atoms with Crippen molar-refractivity contribution in [3.05, 3.63) is 29.8 Å². The maximum Gasteiger partial charge on any atom is 0.232 e. The number of rotatable bonds is 1. The van der Waals surface area contributed by atoms with Crippen molar-refractivity contribution in [2.24, 2.45) is 5.92 Å². The molecule has 1 aromatic carbocycles. The Balaban J connectivity index is 1.84. The first kappa shape index (κ1) is 12.6. The molecule has 3 rings (SSSR count). The summed E-state index contributed by atoms with van der Waals surface area (Å²) >= 11 is 0. The topological polar surface area (TPSA) is 41.6 Å². The molecule has 4 heteroatoms. The number of carbonyl (C=O) groups excluding carboxylic acids is 1. The van der Waals surface area contributed by atoms with Crippen LogP contribution in [0.15, 0.2) is 24.3 Å². The van der Waals surface area contributed by atoms with Crippen LogP contribution in [0.3, 0.4) is 0 Å². The molecule has 1 N–H and O–H groups in total. The van der Waals surface area contributed by atoms with Crippen LogP contribution >= 0.6 is 0 Å². The summed E-state index contributed by atoms with van der Waals surface area (Å²) in [6, 6.07) is 8.16. The lowest BCUT2D eigenvalue weighted by molar-refractivity contribution is -0.126. The SMILES string of the molecule is O=C(C1CCCOC1)N1CCNCc2ccccc21. The van der Waals surface area contributed by atoms with Gasteiger partial charge in [-0.1, -0.05) is 18.2 Å². The van der Waals surface area contributed by atoms with Gasteiger partial charge in [0.25, 0.3) is 0 Å². The van der Waals surface area contributed by atoms with Crippen molar-refractivity contribution in [1.29, 1.82) is 0 Å². The first-order valence-corrected chi connectivity index (χ1v) is 7.04. The number of nitrogens with zero attached hydrogens (tertiary/aromatic N) is 1. The van der Waals surface area contributed by atoms with Crippen LogP contribution in [0.25, 0.3) is 0 Å². The summed E-state index contributed by atoms with van der Waals surface area (Å²) in [6.45, 7) is 3.79. The second kappa shape index (κ2) is 5.72. The number of benzene rings is 1. The number of nitrogens with one attached hydrogen (secondary N) is 1. The normalized spacial score (nSPS) is 23.6. The van der Waals surface area contributed by atoms with E-state index in [0.29, 0.717) is 6.61 Å². The highest BCUT2D eigenvalue weighted by molar-refractivity contribution is 5.96. The van der Waals surface area contributed by atoms with E-state index in [9.17, 15) is 4.79 Å². The smallest absolute Gasteiger partial charge is 0.232 e. The zero-order valence-corrected chi connectivity index (χ0v) is 11.1. The van der Waals surface area contributed by atoms with Crippen LogP contribution < -0.4 is 10.2 Å². The quantitative estimate of drug-likeness (QED) is 0.833. The van der Waals surface area contributed by atoms with Crippen molar-refractivity contribution in [3.8, 4) is 0 Å². The fourth-order valence-corrected chi connectivity index (χ4v) is 2.84. The van der Waals surface area contributed by atoms with Crippen molar-refractivity contribution >= 4 is 11.6 Å². The summed E-state index contributed by atoms with van der Waals surface area (Å²) in [4.78, 5) is 14.6. The maximum atomic E-state index is 12.7. The zero-order valence-electron chi connectivity index (χ0n) is 11.1. The van der Waals surface area contributed by atoms with Crippen LogP contribution in [0.2, 0.25) is 0 Å². The Morgan fingerprint density at radius 1 is 1.37 bits per heavy atom. The molecule has 1 fully saturated rings. The molecule has 2 aliphatic heterocycles. The Kier molecular flexibility index (Phi) is 3.80. The van der Waals surface area contributed by atoms with Crippen molar-refractivity contribution in [1.82, 2.24) is 5.32 Å². The predicted molar refractivity (Wildman–Crippen MR) is 74.0 cm³/mol. The van der Waals surface area contributed by atoms with Gasteiger partial charge in [-0.15, -0.1) is 0 Å². The average molecular weight is 260 g/mol. The van der Waals surface area contributed by atoms with Gasteiger partial charge in [-0.3, -0.25) is 4.79 Å². The molecule has 0 saturated carbocycles. The highest BCUT2D eigenvalue weighted by atomic mass is 16.5. The minimum atomic E-state index is 0.0277. The first-order valence-electron chi connectivity index (χ1n) is 7.04. The molecule has 0 aliphatic carbocycles. The monoisotopic (exact) mass is 260 g/mol. The number of fused-ring (bicyclic) bond motifs is 1. The zero-order chi connectivity index (χ0) is 13.1. The van der Waals surface area contributed by atoms with Gasteiger partial charge in [-0.25, -0.2) is 0 Å². The van der Waals surface area contributed by atoms with Crippen LogP contribution in [-0.4, -0.2) is 32.2 Å². The lowest BCUT2D eigenvalue weighted by atomic mass is 10.00. The number of hydrogen-bond acceptors (Lipinski definition) is 3. The Morgan fingerprint density at radius 3 is 3.11 bits per heavy atom. The highest BCUT2D eigenvalue weighted by Gasteiger charge is 2.29. The van der Waals surface area contributed by atoms with Gasteiger partial charge in [-0.2, -0.15) is 0 Å². The van der Waals surface area contributed by atoms with Gasteiger partial charge in [0.15, 0.2) is 0 Å². The molecule has 0 spiro atoms. The molecule has 1 amide bonds. The second-order valence-corrected chi connectivity index (χ2v) is 5.21. The summed E-state index contributed by atoms with van der Waals surface area (Å²) in [7, 11) is 0. The predicted octanol–water partition coefficient (Wildman–Crippen LogP) is 1.55. The van der Waals surface area contributed by atoms with Crippen molar-refractivity contribution in [2.75, 3.05) is 31.2 Å². The molecule has 0 aromatic heterocycles. The molecule has 1 atom stereocenters. The number of carbonyl (C=O) groups is 1. The van der Waals surface area contributed by atoms with Gasteiger partial charge in [0, 0.05) is 31.9 Å². The molecule has 4 nitrogen and oxygen atoms in total. The summed E-state index contributed by atoms with van der Waals surface area (Å²) < 4.78 is 5.45. The highest BCUT2D eigenvalue weighted by Crippen LogP contribution is 2.26. The summed E-state index contributed by atoms with van der Waals surface area (Å²) in [5.41, 5.74) is 2.26. The van der Waals surface area contributed by atoms with E-state index in [0.717, 1.165) is 44.8 Å². The Morgan fingerprint density at radius 2 is 2.26 bits per heavy atom. The van der Waals surface area contributed by atoms with Crippen molar-refractivity contribution < 1.29 is 9.53 Å².